The molecule has 1 heterocycles. The van der Waals surface area contributed by atoms with Crippen LogP contribution in [0.1, 0.15) is 68.6 Å². The van der Waals surface area contributed by atoms with Gasteiger partial charge < -0.3 is 24.2 Å². The third-order valence-electron chi connectivity index (χ3n) is 6.25. The third kappa shape index (κ3) is 9.90. The first-order chi connectivity index (χ1) is 19.5. The molecule has 0 bridgehead atoms. The average Bonchev–Trinajstić information content (AvgIpc) is 2.94. The quantitative estimate of drug-likeness (QED) is 0.253. The Morgan fingerprint density at radius 1 is 1.02 bits per heavy atom. The van der Waals surface area contributed by atoms with Gasteiger partial charge in [0.05, 0.1) is 26.4 Å². The predicted molar refractivity (Wildman–Crippen MR) is 159 cm³/mol. The Morgan fingerprint density at radius 2 is 1.73 bits per heavy atom. The molecule has 0 aliphatic carbocycles. The van der Waals surface area contributed by atoms with E-state index >= 15 is 0 Å². The largest absolute Gasteiger partial charge is 0.492 e. The van der Waals surface area contributed by atoms with Crippen LogP contribution in [0.15, 0.2) is 67.0 Å². The highest BCUT2D eigenvalue weighted by molar-refractivity contribution is 5.93. The van der Waals surface area contributed by atoms with Gasteiger partial charge in [-0.15, -0.1) is 0 Å². The number of amides is 1. The number of esters is 1. The summed E-state index contributed by atoms with van der Waals surface area (Å²) in [6.45, 7) is 10.6. The van der Waals surface area contributed by atoms with E-state index in [2.05, 4.69) is 31.0 Å². The van der Waals surface area contributed by atoms with Gasteiger partial charge in [0.15, 0.2) is 0 Å². The fourth-order valence-corrected chi connectivity index (χ4v) is 4.17. The van der Waals surface area contributed by atoms with Crippen LogP contribution in [0.5, 0.6) is 5.75 Å². The fourth-order valence-electron chi connectivity index (χ4n) is 4.17. The van der Waals surface area contributed by atoms with E-state index in [1.54, 1.807) is 35.5 Å². The minimum Gasteiger partial charge on any atom is -0.492 e. The van der Waals surface area contributed by atoms with E-state index in [-0.39, 0.29) is 6.54 Å². The Morgan fingerprint density at radius 3 is 2.34 bits per heavy atom. The van der Waals surface area contributed by atoms with Gasteiger partial charge in [0.2, 0.25) is 0 Å². The first kappa shape index (κ1) is 31.6. The minimum absolute atomic E-state index is 0.113. The van der Waals surface area contributed by atoms with E-state index in [1.165, 1.54) is 7.11 Å². The molecule has 1 aromatic heterocycles. The molecule has 2 aromatic carbocycles. The molecule has 0 fully saturated rings. The summed E-state index contributed by atoms with van der Waals surface area (Å²) >= 11 is 0. The van der Waals surface area contributed by atoms with E-state index in [0.29, 0.717) is 42.4 Å². The van der Waals surface area contributed by atoms with Gasteiger partial charge in [0.1, 0.15) is 16.9 Å². The number of carbonyl (C=O) groups excluding carboxylic acids is 2. The van der Waals surface area contributed by atoms with Crippen molar-refractivity contribution in [2.24, 2.45) is 5.92 Å². The maximum atomic E-state index is 12.9. The SMILES string of the molecule is COC(=O)c1ccc(-c2ccc(CCCN(C[C@@H](O)c3cccnc3)C(=O)OC(C)(C)C)cc2)cc1OCC(C)C. The highest BCUT2D eigenvalue weighted by Gasteiger charge is 2.24. The molecule has 41 heavy (non-hydrogen) atoms. The molecule has 8 nitrogen and oxygen atoms in total. The lowest BCUT2D eigenvalue weighted by Gasteiger charge is -2.29. The van der Waals surface area contributed by atoms with Crippen molar-refractivity contribution in [3.05, 3.63) is 83.7 Å². The van der Waals surface area contributed by atoms with Gasteiger partial charge in [0, 0.05) is 24.5 Å². The zero-order chi connectivity index (χ0) is 30.0. The van der Waals surface area contributed by atoms with Gasteiger partial charge in [-0.05, 0) is 74.4 Å². The summed E-state index contributed by atoms with van der Waals surface area (Å²) in [6.07, 6.45) is 3.36. The van der Waals surface area contributed by atoms with Gasteiger partial charge in [-0.2, -0.15) is 0 Å². The van der Waals surface area contributed by atoms with Crippen molar-refractivity contribution < 1.29 is 28.9 Å². The Hall–Kier alpha value is -3.91. The van der Waals surface area contributed by atoms with E-state index in [4.69, 9.17) is 14.2 Å². The predicted octanol–water partition coefficient (Wildman–Crippen LogP) is 6.47. The Labute approximate surface area is 243 Å². The number of aryl methyl sites for hydroxylation is 1. The van der Waals surface area contributed by atoms with Crippen molar-refractivity contribution in [2.45, 2.75) is 59.2 Å². The Balaban J connectivity index is 1.67. The van der Waals surface area contributed by atoms with E-state index in [0.717, 1.165) is 23.1 Å². The van der Waals surface area contributed by atoms with Crippen LogP contribution in [-0.4, -0.2) is 59.5 Å². The lowest BCUT2D eigenvalue weighted by molar-refractivity contribution is 0.0141. The number of aliphatic hydroxyl groups excluding tert-OH is 1. The average molecular weight is 563 g/mol. The lowest BCUT2D eigenvalue weighted by atomic mass is 10.00. The van der Waals surface area contributed by atoms with Gasteiger partial charge in [-0.3, -0.25) is 4.98 Å². The third-order valence-corrected chi connectivity index (χ3v) is 6.25. The molecule has 1 N–H and O–H groups in total. The molecule has 8 heteroatoms. The van der Waals surface area contributed by atoms with E-state index in [1.807, 2.05) is 45.0 Å². The van der Waals surface area contributed by atoms with Crippen LogP contribution in [-0.2, 0) is 15.9 Å². The number of ether oxygens (including phenoxy) is 3. The molecule has 0 radical (unpaired) electrons. The number of hydrogen-bond acceptors (Lipinski definition) is 7. The van der Waals surface area contributed by atoms with E-state index < -0.39 is 23.8 Å². The number of nitrogens with zero attached hydrogens (tertiary/aromatic N) is 2. The van der Waals surface area contributed by atoms with Crippen LogP contribution in [0.3, 0.4) is 0 Å². The minimum atomic E-state index is -0.865. The van der Waals surface area contributed by atoms with Gasteiger partial charge in [0.25, 0.3) is 0 Å². The molecule has 3 rings (SSSR count). The molecule has 0 saturated carbocycles. The van der Waals surface area contributed by atoms with Gasteiger partial charge in [-0.1, -0.05) is 50.2 Å². The topological polar surface area (TPSA) is 98.2 Å². The second-order valence-electron chi connectivity index (χ2n) is 11.4. The summed E-state index contributed by atoms with van der Waals surface area (Å²) in [5.74, 6) is 0.384. The van der Waals surface area contributed by atoms with Crippen LogP contribution in [0.25, 0.3) is 11.1 Å². The second kappa shape index (κ2) is 14.6. The van der Waals surface area contributed by atoms with Crippen LogP contribution >= 0.6 is 0 Å². The number of rotatable bonds is 12. The summed E-state index contributed by atoms with van der Waals surface area (Å²) in [5.41, 5.74) is 3.45. The summed E-state index contributed by atoms with van der Waals surface area (Å²) in [5, 5.41) is 10.7. The van der Waals surface area contributed by atoms with Crippen molar-refractivity contribution in [1.29, 1.82) is 0 Å². The maximum Gasteiger partial charge on any atom is 0.410 e. The molecule has 220 valence electrons. The second-order valence-corrected chi connectivity index (χ2v) is 11.4. The highest BCUT2D eigenvalue weighted by Crippen LogP contribution is 2.29. The van der Waals surface area contributed by atoms with Crippen LogP contribution in [0, 0.1) is 5.92 Å². The molecule has 0 aliphatic heterocycles. The normalized spacial score (nSPS) is 12.1. The number of aliphatic hydroxyl groups is 1. The Bertz CT molecular complexity index is 1270. The first-order valence-corrected chi connectivity index (χ1v) is 14.0. The summed E-state index contributed by atoms with van der Waals surface area (Å²) in [4.78, 5) is 30.7. The van der Waals surface area contributed by atoms with Crippen LogP contribution in [0.2, 0.25) is 0 Å². The number of aromatic nitrogens is 1. The standard InChI is InChI=1S/C33H42N2O6/c1-23(2)22-40-30-19-26(15-16-28(30)31(37)39-6)25-13-11-24(12-14-25)9-8-18-35(32(38)41-33(3,4)5)21-29(36)27-10-7-17-34-20-27/h7,10-17,19-20,23,29,36H,8-9,18,21-22H2,1-6H3/t29-/m1/s1. The maximum absolute atomic E-state index is 12.9. The number of benzene rings is 2. The molecular formula is C33H42N2O6. The van der Waals surface area contributed by atoms with Crippen molar-refractivity contribution in [3.63, 3.8) is 0 Å². The zero-order valence-electron chi connectivity index (χ0n) is 24.9. The van der Waals surface area contributed by atoms with Gasteiger partial charge in [-0.25, -0.2) is 9.59 Å². The molecule has 0 aliphatic rings. The van der Waals surface area contributed by atoms with Crippen molar-refractivity contribution in [2.75, 3.05) is 26.8 Å². The highest BCUT2D eigenvalue weighted by atomic mass is 16.6. The molecule has 0 unspecified atom stereocenters. The zero-order valence-corrected chi connectivity index (χ0v) is 24.9. The van der Waals surface area contributed by atoms with Crippen LogP contribution in [0.4, 0.5) is 4.79 Å². The summed E-state index contributed by atoms with van der Waals surface area (Å²) in [7, 11) is 1.36. The monoisotopic (exact) mass is 562 g/mol. The Kier molecular flexibility index (Phi) is 11.3. The smallest absolute Gasteiger partial charge is 0.410 e. The number of pyridine rings is 1. The molecule has 0 spiro atoms. The van der Waals surface area contributed by atoms with Crippen molar-refractivity contribution in [1.82, 2.24) is 9.88 Å². The summed E-state index contributed by atoms with van der Waals surface area (Å²) in [6, 6.07) is 17.2. The molecular weight excluding hydrogens is 520 g/mol. The number of carbonyl (C=O) groups is 2. The number of hydrogen-bond donors (Lipinski definition) is 1. The van der Waals surface area contributed by atoms with Crippen LogP contribution < -0.4 is 4.74 Å². The summed E-state index contributed by atoms with van der Waals surface area (Å²) < 4.78 is 16.4. The lowest BCUT2D eigenvalue weighted by Crippen LogP contribution is -2.40. The van der Waals surface area contributed by atoms with Crippen molar-refractivity contribution >= 4 is 12.1 Å². The molecule has 1 atom stereocenters. The fraction of sp³-hybridized carbons (Fsp3) is 0.424. The van der Waals surface area contributed by atoms with Gasteiger partial charge >= 0.3 is 12.1 Å². The number of methoxy groups -OCH3 is 1. The van der Waals surface area contributed by atoms with Crippen molar-refractivity contribution in [3.8, 4) is 16.9 Å². The molecule has 3 aromatic rings. The molecule has 0 saturated heterocycles. The van der Waals surface area contributed by atoms with E-state index in [9.17, 15) is 14.7 Å². The first-order valence-electron chi connectivity index (χ1n) is 14.0. The molecule has 1 amide bonds.